The van der Waals surface area contributed by atoms with Crippen LogP contribution >= 0.6 is 11.6 Å². The molecule has 0 bridgehead atoms. The summed E-state index contributed by atoms with van der Waals surface area (Å²) >= 11 is 5.94. The van der Waals surface area contributed by atoms with Gasteiger partial charge in [-0.15, -0.1) is 0 Å². The fourth-order valence-electron chi connectivity index (χ4n) is 5.78. The Morgan fingerprint density at radius 3 is 2.48 bits per heavy atom. The number of carbonyl (C=O) groups excluding carboxylic acids is 3. The van der Waals surface area contributed by atoms with E-state index in [0.717, 1.165) is 0 Å². The van der Waals surface area contributed by atoms with Crippen LogP contribution in [-0.2, 0) is 15.0 Å². The van der Waals surface area contributed by atoms with Crippen molar-refractivity contribution in [2.24, 2.45) is 11.1 Å². The number of nitrogens with two attached hydrogens (primary N) is 1. The molecule has 2 aliphatic rings. The molecular formula is C30H29ClF2N4O3. The lowest BCUT2D eigenvalue weighted by molar-refractivity contribution is -0.121. The molecule has 2 heterocycles. The zero-order chi connectivity index (χ0) is 29.0. The van der Waals surface area contributed by atoms with Crippen molar-refractivity contribution in [1.82, 2.24) is 5.32 Å². The SMILES string of the molecule is CC(C)(C)CC1NC(C(=O)Nc2ccc(C(N)=O)cc2)CC12C(=O)Nc1cc(-c3cccc(Cl)c3F)cc(F)c12. The Bertz CT molecular complexity index is 1540. The van der Waals surface area contributed by atoms with Crippen LogP contribution in [-0.4, -0.2) is 29.8 Å². The molecule has 0 aromatic heterocycles. The minimum Gasteiger partial charge on any atom is -0.366 e. The second kappa shape index (κ2) is 9.98. The summed E-state index contributed by atoms with van der Waals surface area (Å²) in [7, 11) is 0. The Balaban J connectivity index is 1.52. The van der Waals surface area contributed by atoms with Crippen LogP contribution in [0.5, 0.6) is 0 Å². The van der Waals surface area contributed by atoms with Crippen molar-refractivity contribution < 1.29 is 23.2 Å². The summed E-state index contributed by atoms with van der Waals surface area (Å²) < 4.78 is 30.8. The van der Waals surface area contributed by atoms with Gasteiger partial charge in [0.05, 0.1) is 16.5 Å². The first-order valence-corrected chi connectivity index (χ1v) is 13.2. The van der Waals surface area contributed by atoms with E-state index < -0.39 is 46.9 Å². The highest BCUT2D eigenvalue weighted by molar-refractivity contribution is 6.31. The van der Waals surface area contributed by atoms with Crippen molar-refractivity contribution in [3.05, 3.63) is 82.4 Å². The molecule has 3 amide bonds. The molecule has 3 atom stereocenters. The summed E-state index contributed by atoms with van der Waals surface area (Å²) in [5.41, 5.74) is 5.15. The van der Waals surface area contributed by atoms with Crippen molar-refractivity contribution in [2.75, 3.05) is 10.6 Å². The van der Waals surface area contributed by atoms with Crippen LogP contribution in [0.3, 0.4) is 0 Å². The molecule has 10 heteroatoms. The highest BCUT2D eigenvalue weighted by Gasteiger charge is 2.60. The topological polar surface area (TPSA) is 113 Å². The maximum Gasteiger partial charge on any atom is 0.248 e. The van der Waals surface area contributed by atoms with Crippen LogP contribution in [0.25, 0.3) is 11.1 Å². The van der Waals surface area contributed by atoms with Crippen LogP contribution in [0.1, 0.15) is 49.5 Å². The number of carbonyl (C=O) groups is 3. The molecule has 2 aliphatic heterocycles. The molecule has 1 spiro atoms. The summed E-state index contributed by atoms with van der Waals surface area (Å²) in [5.74, 6) is -2.77. The van der Waals surface area contributed by atoms with E-state index in [2.05, 4.69) is 16.0 Å². The lowest BCUT2D eigenvalue weighted by Gasteiger charge is -2.33. The van der Waals surface area contributed by atoms with Gasteiger partial charge in [0, 0.05) is 34.1 Å². The first-order chi connectivity index (χ1) is 18.8. The van der Waals surface area contributed by atoms with Crippen molar-refractivity contribution in [3.8, 4) is 11.1 Å². The smallest absolute Gasteiger partial charge is 0.248 e. The molecule has 0 saturated carbocycles. The molecule has 3 aromatic rings. The van der Waals surface area contributed by atoms with Crippen molar-refractivity contribution in [3.63, 3.8) is 0 Å². The number of halogens is 3. The molecule has 208 valence electrons. The number of rotatable bonds is 5. The number of hydrogen-bond acceptors (Lipinski definition) is 4. The number of nitrogens with one attached hydrogen (secondary N) is 3. The average Bonchev–Trinajstić information content (AvgIpc) is 3.38. The van der Waals surface area contributed by atoms with Gasteiger partial charge in [0.2, 0.25) is 17.7 Å². The summed E-state index contributed by atoms with van der Waals surface area (Å²) in [4.78, 5) is 38.4. The fourth-order valence-corrected chi connectivity index (χ4v) is 5.96. The van der Waals surface area contributed by atoms with E-state index in [1.807, 2.05) is 20.8 Å². The van der Waals surface area contributed by atoms with Crippen molar-refractivity contribution >= 4 is 40.7 Å². The summed E-state index contributed by atoms with van der Waals surface area (Å²) in [6, 6.07) is 11.9. The fraction of sp³-hybridized carbons (Fsp3) is 0.300. The van der Waals surface area contributed by atoms with Gasteiger partial charge < -0.3 is 21.7 Å². The molecule has 1 fully saturated rings. The number of anilines is 2. The van der Waals surface area contributed by atoms with Gasteiger partial charge in [-0.2, -0.15) is 0 Å². The molecule has 5 rings (SSSR count). The number of fused-ring (bicyclic) bond motifs is 2. The maximum absolute atomic E-state index is 16.0. The quantitative estimate of drug-likeness (QED) is 0.332. The predicted octanol–water partition coefficient (Wildman–Crippen LogP) is 5.38. The van der Waals surface area contributed by atoms with Gasteiger partial charge in [-0.25, -0.2) is 8.78 Å². The number of benzene rings is 3. The van der Waals surface area contributed by atoms with Crippen molar-refractivity contribution in [2.45, 2.75) is 51.1 Å². The second-order valence-electron chi connectivity index (χ2n) is 11.6. The van der Waals surface area contributed by atoms with Gasteiger partial charge in [-0.05, 0) is 66.3 Å². The maximum atomic E-state index is 16.0. The van der Waals surface area contributed by atoms with E-state index in [0.29, 0.717) is 17.7 Å². The van der Waals surface area contributed by atoms with Crippen LogP contribution in [0.4, 0.5) is 20.2 Å². The van der Waals surface area contributed by atoms with Crippen LogP contribution in [0.2, 0.25) is 5.02 Å². The van der Waals surface area contributed by atoms with Crippen molar-refractivity contribution in [1.29, 1.82) is 0 Å². The molecule has 40 heavy (non-hydrogen) atoms. The minimum atomic E-state index is -1.37. The van der Waals surface area contributed by atoms with E-state index in [-0.39, 0.29) is 39.2 Å². The van der Waals surface area contributed by atoms with Gasteiger partial charge in [0.1, 0.15) is 11.6 Å². The Kier molecular flexibility index (Phi) is 6.92. The normalized spacial score (nSPS) is 21.8. The molecule has 3 aromatic carbocycles. The molecule has 0 aliphatic carbocycles. The van der Waals surface area contributed by atoms with Crippen LogP contribution in [0.15, 0.2) is 54.6 Å². The third-order valence-electron chi connectivity index (χ3n) is 7.55. The van der Waals surface area contributed by atoms with Crippen LogP contribution in [0, 0.1) is 17.0 Å². The summed E-state index contributed by atoms with van der Waals surface area (Å²) in [6.07, 6.45) is 0.487. The van der Waals surface area contributed by atoms with Gasteiger partial charge in [-0.1, -0.05) is 44.5 Å². The third kappa shape index (κ3) is 4.84. The van der Waals surface area contributed by atoms with Gasteiger partial charge in [0.25, 0.3) is 0 Å². The standard InChI is InChI=1S/C30H29ClF2N4O3/c1-29(2,3)14-23-30(13-22(36-23)27(39)35-17-9-7-15(8-10-17)26(34)38)24-20(32)11-16(12-21(24)37-28(30)40)18-5-4-6-19(31)25(18)33/h4-12,22-23,36H,13-14H2,1-3H3,(H2,34,38)(H,35,39)(H,37,40). The van der Waals surface area contributed by atoms with Gasteiger partial charge in [0.15, 0.2) is 0 Å². The molecule has 5 N–H and O–H groups in total. The lowest BCUT2D eigenvalue weighted by atomic mass is 9.69. The number of amides is 3. The first-order valence-electron chi connectivity index (χ1n) is 12.9. The van der Waals surface area contributed by atoms with E-state index in [1.54, 1.807) is 24.3 Å². The molecule has 3 unspecified atom stereocenters. The summed E-state index contributed by atoms with van der Waals surface area (Å²) in [6.45, 7) is 6.02. The molecule has 1 saturated heterocycles. The molecular weight excluding hydrogens is 538 g/mol. The van der Waals surface area contributed by atoms with E-state index >= 15 is 4.39 Å². The largest absolute Gasteiger partial charge is 0.366 e. The van der Waals surface area contributed by atoms with E-state index in [4.69, 9.17) is 17.3 Å². The first kappa shape index (κ1) is 27.7. The predicted molar refractivity (Wildman–Crippen MR) is 150 cm³/mol. The van der Waals surface area contributed by atoms with Crippen LogP contribution < -0.4 is 21.7 Å². The minimum absolute atomic E-state index is 0.0135. The Labute approximate surface area is 235 Å². The third-order valence-corrected chi connectivity index (χ3v) is 7.84. The second-order valence-corrected chi connectivity index (χ2v) is 12.0. The molecule has 0 radical (unpaired) electrons. The zero-order valence-electron chi connectivity index (χ0n) is 22.2. The zero-order valence-corrected chi connectivity index (χ0v) is 23.0. The van der Waals surface area contributed by atoms with E-state index in [9.17, 15) is 18.8 Å². The Hall–Kier alpha value is -3.82. The number of hydrogen-bond donors (Lipinski definition) is 4. The van der Waals surface area contributed by atoms with Gasteiger partial charge in [-0.3, -0.25) is 14.4 Å². The summed E-state index contributed by atoms with van der Waals surface area (Å²) in [5, 5.41) is 8.81. The number of primary amides is 1. The molecule has 7 nitrogen and oxygen atoms in total. The highest BCUT2D eigenvalue weighted by atomic mass is 35.5. The lowest BCUT2D eigenvalue weighted by Crippen LogP contribution is -2.48. The monoisotopic (exact) mass is 566 g/mol. The highest BCUT2D eigenvalue weighted by Crippen LogP contribution is 2.51. The average molecular weight is 567 g/mol. The van der Waals surface area contributed by atoms with E-state index in [1.165, 1.54) is 30.3 Å². The Morgan fingerprint density at radius 2 is 1.82 bits per heavy atom. The van der Waals surface area contributed by atoms with Gasteiger partial charge >= 0.3 is 0 Å². The Morgan fingerprint density at radius 1 is 1.12 bits per heavy atom.